The van der Waals surface area contributed by atoms with Crippen LogP contribution in [0, 0.1) is 25.7 Å². The van der Waals surface area contributed by atoms with Crippen molar-refractivity contribution in [2.45, 2.75) is 27.3 Å². The van der Waals surface area contributed by atoms with Gasteiger partial charge in [-0.05, 0) is 33.7 Å². The predicted octanol–water partition coefficient (Wildman–Crippen LogP) is -0.306. The molecule has 0 spiro atoms. The van der Waals surface area contributed by atoms with E-state index in [9.17, 15) is 14.7 Å². The third-order valence-electron chi connectivity index (χ3n) is 5.21. The van der Waals surface area contributed by atoms with Gasteiger partial charge in [-0.2, -0.15) is 5.10 Å². The van der Waals surface area contributed by atoms with Gasteiger partial charge < -0.3 is 20.0 Å². The average Bonchev–Trinajstić information content (AvgIpc) is 3.08. The van der Waals surface area contributed by atoms with Crippen molar-refractivity contribution in [3.8, 4) is 0 Å². The minimum atomic E-state index is -0.0588. The Labute approximate surface area is 154 Å². The van der Waals surface area contributed by atoms with Crippen LogP contribution in [0.3, 0.4) is 0 Å². The van der Waals surface area contributed by atoms with Gasteiger partial charge in [0.05, 0.1) is 17.9 Å². The van der Waals surface area contributed by atoms with Crippen molar-refractivity contribution in [3.05, 3.63) is 17.0 Å². The molecule has 26 heavy (non-hydrogen) atoms. The topological polar surface area (TPSA) is 98.9 Å². The third-order valence-corrected chi connectivity index (χ3v) is 5.21. The van der Waals surface area contributed by atoms with E-state index in [1.165, 1.54) is 6.92 Å². The fourth-order valence-corrected chi connectivity index (χ4v) is 3.81. The number of rotatable bonds is 8. The Hall–Kier alpha value is -1.77. The number of amides is 1. The number of likely N-dealkylation sites (N-methyl/N-ethyl adjacent to an activating group) is 1. The number of hydrogen-bond donors (Lipinski definition) is 2. The summed E-state index contributed by atoms with van der Waals surface area (Å²) in [6.07, 6.45) is 0. The zero-order valence-corrected chi connectivity index (χ0v) is 16.1. The summed E-state index contributed by atoms with van der Waals surface area (Å²) in [7, 11) is 1.92. The zero-order valence-electron chi connectivity index (χ0n) is 16.1. The van der Waals surface area contributed by atoms with Gasteiger partial charge in [-0.1, -0.05) is 0 Å². The maximum Gasteiger partial charge on any atom is 0.244 e. The number of aryl methyl sites for hydroxylation is 1. The first-order chi connectivity index (χ1) is 12.3. The van der Waals surface area contributed by atoms with E-state index in [1.807, 2.05) is 11.9 Å². The van der Waals surface area contributed by atoms with Gasteiger partial charge in [0.1, 0.15) is 6.54 Å². The van der Waals surface area contributed by atoms with Crippen molar-refractivity contribution in [3.63, 3.8) is 0 Å². The first kappa shape index (κ1) is 20.5. The van der Waals surface area contributed by atoms with Crippen LogP contribution in [0.15, 0.2) is 0 Å². The van der Waals surface area contributed by atoms with Gasteiger partial charge in [0, 0.05) is 44.4 Å². The SMILES string of the molecule is CC(=O)c1c(C)nn(CC(=O)N2C[C@@H](CN(C)CCO)[C@@H](CO)C2)c1C. The summed E-state index contributed by atoms with van der Waals surface area (Å²) in [6.45, 7) is 7.70. The molecule has 2 N–H and O–H groups in total. The first-order valence-electron chi connectivity index (χ1n) is 9.01. The molecule has 8 heteroatoms. The fourth-order valence-electron chi connectivity index (χ4n) is 3.81. The van der Waals surface area contributed by atoms with Gasteiger partial charge in [-0.3, -0.25) is 14.3 Å². The first-order valence-corrected chi connectivity index (χ1v) is 9.01. The number of ketones is 1. The monoisotopic (exact) mass is 366 g/mol. The molecule has 1 aliphatic rings. The molecule has 1 amide bonds. The van der Waals surface area contributed by atoms with Crippen molar-refractivity contribution in [1.29, 1.82) is 0 Å². The molecule has 1 aromatic heterocycles. The smallest absolute Gasteiger partial charge is 0.244 e. The van der Waals surface area contributed by atoms with Crippen LogP contribution < -0.4 is 0 Å². The van der Waals surface area contributed by atoms with Crippen LogP contribution >= 0.6 is 0 Å². The van der Waals surface area contributed by atoms with Crippen molar-refractivity contribution in [1.82, 2.24) is 19.6 Å². The number of hydrogen-bond acceptors (Lipinski definition) is 6. The summed E-state index contributed by atoms with van der Waals surface area (Å²) < 4.78 is 1.59. The molecule has 0 unspecified atom stereocenters. The quantitative estimate of drug-likeness (QED) is 0.613. The number of aliphatic hydroxyl groups excluding tert-OH is 2. The van der Waals surface area contributed by atoms with Gasteiger partial charge in [0.25, 0.3) is 0 Å². The largest absolute Gasteiger partial charge is 0.396 e. The van der Waals surface area contributed by atoms with Crippen molar-refractivity contribution in [2.75, 3.05) is 46.4 Å². The highest BCUT2D eigenvalue weighted by atomic mass is 16.3. The van der Waals surface area contributed by atoms with E-state index in [0.29, 0.717) is 36.6 Å². The van der Waals surface area contributed by atoms with Gasteiger partial charge in [0.2, 0.25) is 5.91 Å². The molecule has 0 saturated carbocycles. The molecule has 0 bridgehead atoms. The second-order valence-corrected chi connectivity index (χ2v) is 7.25. The normalized spacial score (nSPS) is 20.2. The lowest BCUT2D eigenvalue weighted by Gasteiger charge is -2.23. The fraction of sp³-hybridized carbons (Fsp3) is 0.722. The Morgan fingerprint density at radius 1 is 1.23 bits per heavy atom. The molecule has 1 saturated heterocycles. The zero-order chi connectivity index (χ0) is 19.4. The molecule has 2 rings (SSSR count). The van der Waals surface area contributed by atoms with E-state index >= 15 is 0 Å². The lowest BCUT2D eigenvalue weighted by Crippen LogP contribution is -2.34. The van der Waals surface area contributed by atoms with Crippen LogP contribution in [0.5, 0.6) is 0 Å². The maximum atomic E-state index is 12.7. The summed E-state index contributed by atoms with van der Waals surface area (Å²) >= 11 is 0. The highest BCUT2D eigenvalue weighted by Crippen LogP contribution is 2.24. The molecule has 1 aliphatic heterocycles. The lowest BCUT2D eigenvalue weighted by molar-refractivity contribution is -0.131. The molecule has 8 nitrogen and oxygen atoms in total. The minimum Gasteiger partial charge on any atom is -0.396 e. The van der Waals surface area contributed by atoms with E-state index in [0.717, 1.165) is 6.54 Å². The molecule has 0 aromatic carbocycles. The van der Waals surface area contributed by atoms with Crippen molar-refractivity contribution >= 4 is 11.7 Å². The van der Waals surface area contributed by atoms with E-state index in [4.69, 9.17) is 5.11 Å². The average molecular weight is 366 g/mol. The Morgan fingerprint density at radius 3 is 2.42 bits per heavy atom. The van der Waals surface area contributed by atoms with Crippen LogP contribution in [-0.4, -0.2) is 87.9 Å². The summed E-state index contributed by atoms with van der Waals surface area (Å²) in [4.78, 5) is 28.2. The number of likely N-dealkylation sites (tertiary alicyclic amines) is 1. The van der Waals surface area contributed by atoms with E-state index < -0.39 is 0 Å². The molecule has 1 fully saturated rings. The van der Waals surface area contributed by atoms with Gasteiger partial charge >= 0.3 is 0 Å². The second-order valence-electron chi connectivity index (χ2n) is 7.25. The number of nitrogens with zero attached hydrogens (tertiary/aromatic N) is 4. The molecule has 1 aromatic rings. The van der Waals surface area contributed by atoms with Crippen molar-refractivity contribution < 1.29 is 19.8 Å². The molecule has 2 atom stereocenters. The van der Waals surface area contributed by atoms with Crippen LogP contribution in [0.4, 0.5) is 0 Å². The summed E-state index contributed by atoms with van der Waals surface area (Å²) in [6, 6.07) is 0. The Morgan fingerprint density at radius 2 is 1.88 bits per heavy atom. The Bertz CT molecular complexity index is 658. The molecular weight excluding hydrogens is 336 g/mol. The Balaban J connectivity index is 2.04. The predicted molar refractivity (Wildman–Crippen MR) is 96.9 cm³/mol. The number of Topliss-reactive ketones (excluding diaryl/α,β-unsaturated/α-hetero) is 1. The summed E-state index contributed by atoms with van der Waals surface area (Å²) in [5, 5.41) is 23.0. The molecule has 0 aliphatic carbocycles. The number of aromatic nitrogens is 2. The van der Waals surface area contributed by atoms with E-state index in [1.54, 1.807) is 23.4 Å². The van der Waals surface area contributed by atoms with Crippen LogP contribution in [0.2, 0.25) is 0 Å². The standard InChI is InChI=1S/C18H30N4O4/c1-12-18(14(3)25)13(2)22(19-12)10-17(26)21-8-15(16(9-21)11-24)7-20(4)5-6-23/h15-16,23-24H,5-11H2,1-4H3/t15-,16-/m1/s1. The molecule has 146 valence electrons. The van der Waals surface area contributed by atoms with E-state index in [-0.39, 0.29) is 43.3 Å². The number of carbonyl (C=O) groups excluding carboxylic acids is 2. The second kappa shape index (κ2) is 8.75. The van der Waals surface area contributed by atoms with E-state index in [2.05, 4.69) is 5.10 Å². The van der Waals surface area contributed by atoms with Gasteiger partial charge in [-0.25, -0.2) is 0 Å². The van der Waals surface area contributed by atoms with Gasteiger partial charge in [-0.15, -0.1) is 0 Å². The van der Waals surface area contributed by atoms with Crippen molar-refractivity contribution in [2.24, 2.45) is 11.8 Å². The van der Waals surface area contributed by atoms with Crippen LogP contribution in [0.25, 0.3) is 0 Å². The third kappa shape index (κ3) is 4.49. The van der Waals surface area contributed by atoms with Crippen LogP contribution in [-0.2, 0) is 11.3 Å². The molecule has 0 radical (unpaired) electrons. The number of aliphatic hydroxyl groups is 2. The maximum absolute atomic E-state index is 12.7. The Kier molecular flexibility index (Phi) is 6.91. The molecular formula is C18H30N4O4. The highest BCUT2D eigenvalue weighted by Gasteiger charge is 2.35. The summed E-state index contributed by atoms with van der Waals surface area (Å²) in [5.74, 6) is 0.103. The highest BCUT2D eigenvalue weighted by molar-refractivity contribution is 5.96. The van der Waals surface area contributed by atoms with Crippen LogP contribution in [0.1, 0.15) is 28.7 Å². The van der Waals surface area contributed by atoms with Gasteiger partial charge in [0.15, 0.2) is 5.78 Å². The molecule has 2 heterocycles. The minimum absolute atomic E-state index is 0.0355. The summed E-state index contributed by atoms with van der Waals surface area (Å²) in [5.41, 5.74) is 1.93. The number of carbonyl (C=O) groups is 2. The lowest BCUT2D eigenvalue weighted by atomic mass is 9.96.